The van der Waals surface area contributed by atoms with Crippen LogP contribution in [0.5, 0.6) is 0 Å². The number of nitrogens with zero attached hydrogens (tertiary/aromatic N) is 1. The van der Waals surface area contributed by atoms with Gasteiger partial charge in [0.15, 0.2) is 0 Å². The normalized spacial score (nSPS) is 11.3. The summed E-state index contributed by atoms with van der Waals surface area (Å²) in [6.07, 6.45) is 2.36. The van der Waals surface area contributed by atoms with Gasteiger partial charge in [-0.25, -0.2) is 9.18 Å². The molecule has 0 bridgehead atoms. The highest BCUT2D eigenvalue weighted by Crippen LogP contribution is 2.25. The van der Waals surface area contributed by atoms with Crippen molar-refractivity contribution in [2.45, 2.75) is 45.6 Å². The fourth-order valence-electron chi connectivity index (χ4n) is 2.55. The molecule has 1 aromatic carbocycles. The van der Waals surface area contributed by atoms with Gasteiger partial charge in [0, 0.05) is 13.1 Å². The predicted molar refractivity (Wildman–Crippen MR) is 84.8 cm³/mol. The number of hydrogen-bond donors (Lipinski definition) is 2. The summed E-state index contributed by atoms with van der Waals surface area (Å²) < 4.78 is 13.7. The van der Waals surface area contributed by atoms with Crippen LogP contribution >= 0.6 is 0 Å². The Kier molecular flexibility index (Phi) is 6.62. The monoisotopic (exact) mass is 295 g/mol. The molecule has 3 N–H and O–H groups in total. The molecule has 118 valence electrons. The molecular weight excluding hydrogens is 269 g/mol. The molecule has 0 saturated carbocycles. The summed E-state index contributed by atoms with van der Waals surface area (Å²) in [5, 5.41) is 2.66. The molecule has 0 aromatic heterocycles. The van der Waals surface area contributed by atoms with Gasteiger partial charge in [-0.2, -0.15) is 0 Å². The van der Waals surface area contributed by atoms with E-state index < -0.39 is 5.82 Å². The Balaban J connectivity index is 3.00. The summed E-state index contributed by atoms with van der Waals surface area (Å²) in [7, 11) is 0. The van der Waals surface area contributed by atoms with Crippen molar-refractivity contribution in [2.24, 2.45) is 5.73 Å². The number of nitrogens with two attached hydrogens (primary N) is 1. The SMILES string of the molecule is CCCN(C(=O)Nc1ccccc1F)C(CC)(CC)CN. The van der Waals surface area contributed by atoms with Crippen LogP contribution in [0.4, 0.5) is 14.9 Å². The van der Waals surface area contributed by atoms with E-state index in [-0.39, 0.29) is 17.3 Å². The van der Waals surface area contributed by atoms with E-state index in [1.54, 1.807) is 23.1 Å². The van der Waals surface area contributed by atoms with Crippen LogP contribution in [0, 0.1) is 5.82 Å². The standard InChI is InChI=1S/C16H26FN3O/c1-4-11-20(16(5-2,6-3)12-18)15(21)19-14-10-8-7-9-13(14)17/h7-10H,4-6,11-12,18H2,1-3H3,(H,19,21). The van der Waals surface area contributed by atoms with Crippen LogP contribution in [-0.4, -0.2) is 29.6 Å². The van der Waals surface area contributed by atoms with Crippen LogP contribution < -0.4 is 11.1 Å². The molecule has 0 aliphatic carbocycles. The first-order valence-corrected chi connectivity index (χ1v) is 7.57. The maximum absolute atomic E-state index is 13.7. The van der Waals surface area contributed by atoms with Gasteiger partial charge in [0.25, 0.3) is 0 Å². The van der Waals surface area contributed by atoms with Crippen molar-refractivity contribution in [3.8, 4) is 0 Å². The Labute approximate surface area is 126 Å². The number of para-hydroxylation sites is 1. The molecule has 1 aromatic rings. The number of amides is 2. The fourth-order valence-corrected chi connectivity index (χ4v) is 2.55. The highest BCUT2D eigenvalue weighted by molar-refractivity contribution is 5.90. The van der Waals surface area contributed by atoms with E-state index in [1.165, 1.54) is 6.07 Å². The zero-order valence-electron chi connectivity index (χ0n) is 13.2. The third-order valence-electron chi connectivity index (χ3n) is 4.08. The van der Waals surface area contributed by atoms with Crippen LogP contribution in [0.1, 0.15) is 40.0 Å². The van der Waals surface area contributed by atoms with Crippen LogP contribution in [0.15, 0.2) is 24.3 Å². The number of anilines is 1. The number of benzene rings is 1. The van der Waals surface area contributed by atoms with Gasteiger partial charge in [0.2, 0.25) is 0 Å². The number of carbonyl (C=O) groups excluding carboxylic acids is 1. The molecule has 2 amide bonds. The Hall–Kier alpha value is -1.62. The highest BCUT2D eigenvalue weighted by atomic mass is 19.1. The third kappa shape index (κ3) is 3.94. The van der Waals surface area contributed by atoms with Crippen LogP contribution in [0.3, 0.4) is 0 Å². The second-order valence-corrected chi connectivity index (χ2v) is 5.20. The molecule has 0 aliphatic rings. The number of rotatable bonds is 7. The third-order valence-corrected chi connectivity index (χ3v) is 4.08. The van der Waals surface area contributed by atoms with Crippen molar-refractivity contribution in [1.29, 1.82) is 0 Å². The largest absolute Gasteiger partial charge is 0.328 e. The van der Waals surface area contributed by atoms with Crippen molar-refractivity contribution in [1.82, 2.24) is 4.90 Å². The van der Waals surface area contributed by atoms with Gasteiger partial charge in [-0.3, -0.25) is 0 Å². The van der Waals surface area contributed by atoms with Crippen LogP contribution in [0.25, 0.3) is 0 Å². The molecule has 21 heavy (non-hydrogen) atoms. The number of hydrogen-bond acceptors (Lipinski definition) is 2. The van der Waals surface area contributed by atoms with E-state index >= 15 is 0 Å². The molecule has 5 heteroatoms. The molecule has 0 fully saturated rings. The Bertz CT molecular complexity index is 452. The Morgan fingerprint density at radius 3 is 2.38 bits per heavy atom. The smallest absolute Gasteiger partial charge is 0.322 e. The van der Waals surface area contributed by atoms with E-state index in [0.29, 0.717) is 13.1 Å². The summed E-state index contributed by atoms with van der Waals surface area (Å²) in [5.74, 6) is -0.436. The van der Waals surface area contributed by atoms with Crippen molar-refractivity contribution in [3.05, 3.63) is 30.1 Å². The fraction of sp³-hybridized carbons (Fsp3) is 0.562. The van der Waals surface area contributed by atoms with E-state index in [9.17, 15) is 9.18 Å². The van der Waals surface area contributed by atoms with Gasteiger partial charge < -0.3 is 16.0 Å². The molecule has 0 heterocycles. The summed E-state index contributed by atoms with van der Waals surface area (Å²) in [4.78, 5) is 14.3. The van der Waals surface area contributed by atoms with Gasteiger partial charge in [0.1, 0.15) is 5.82 Å². The number of halogens is 1. The van der Waals surface area contributed by atoms with Gasteiger partial charge in [-0.05, 0) is 31.4 Å². The van der Waals surface area contributed by atoms with E-state index in [1.807, 2.05) is 20.8 Å². The lowest BCUT2D eigenvalue weighted by Gasteiger charge is -2.42. The number of nitrogens with one attached hydrogen (secondary N) is 1. The molecule has 4 nitrogen and oxygen atoms in total. The molecule has 0 atom stereocenters. The van der Waals surface area contributed by atoms with E-state index in [4.69, 9.17) is 5.73 Å². The van der Waals surface area contributed by atoms with Gasteiger partial charge >= 0.3 is 6.03 Å². The lowest BCUT2D eigenvalue weighted by atomic mass is 9.90. The van der Waals surface area contributed by atoms with Gasteiger partial charge in [-0.1, -0.05) is 32.9 Å². The zero-order chi connectivity index (χ0) is 15.9. The maximum Gasteiger partial charge on any atom is 0.322 e. The molecule has 0 unspecified atom stereocenters. The Morgan fingerprint density at radius 1 is 1.29 bits per heavy atom. The topological polar surface area (TPSA) is 58.4 Å². The summed E-state index contributed by atoms with van der Waals surface area (Å²) >= 11 is 0. The summed E-state index contributed by atoms with van der Waals surface area (Å²) in [6.45, 7) is 7.05. The summed E-state index contributed by atoms with van der Waals surface area (Å²) in [5.41, 5.74) is 5.74. The average molecular weight is 295 g/mol. The van der Waals surface area contributed by atoms with Crippen molar-refractivity contribution < 1.29 is 9.18 Å². The van der Waals surface area contributed by atoms with Crippen molar-refractivity contribution in [3.63, 3.8) is 0 Å². The quantitative estimate of drug-likeness (QED) is 0.807. The lowest BCUT2D eigenvalue weighted by molar-refractivity contribution is 0.117. The molecule has 0 aliphatic heterocycles. The molecule has 0 spiro atoms. The Morgan fingerprint density at radius 2 is 1.90 bits per heavy atom. The summed E-state index contributed by atoms with van der Waals surface area (Å²) in [6, 6.07) is 5.88. The minimum atomic E-state index is -0.436. The zero-order valence-corrected chi connectivity index (χ0v) is 13.2. The second kappa shape index (κ2) is 7.98. The molecule has 0 saturated heterocycles. The van der Waals surface area contributed by atoms with E-state index in [0.717, 1.165) is 19.3 Å². The minimum Gasteiger partial charge on any atom is -0.328 e. The van der Waals surface area contributed by atoms with E-state index in [2.05, 4.69) is 5.32 Å². The number of urea groups is 1. The van der Waals surface area contributed by atoms with Crippen molar-refractivity contribution in [2.75, 3.05) is 18.4 Å². The molecule has 0 radical (unpaired) electrons. The van der Waals surface area contributed by atoms with Gasteiger partial charge in [0.05, 0.1) is 11.2 Å². The van der Waals surface area contributed by atoms with Crippen LogP contribution in [0.2, 0.25) is 0 Å². The first-order chi connectivity index (χ1) is 10.0. The highest BCUT2D eigenvalue weighted by Gasteiger charge is 2.35. The molecule has 1 rings (SSSR count). The van der Waals surface area contributed by atoms with Gasteiger partial charge in [-0.15, -0.1) is 0 Å². The molecular formula is C16H26FN3O. The predicted octanol–water partition coefficient (Wildman–Crippen LogP) is 3.59. The maximum atomic E-state index is 13.7. The average Bonchev–Trinajstić information content (AvgIpc) is 2.50. The number of carbonyl (C=O) groups is 1. The second-order valence-electron chi connectivity index (χ2n) is 5.20. The van der Waals surface area contributed by atoms with Crippen LogP contribution in [-0.2, 0) is 0 Å². The van der Waals surface area contributed by atoms with Crippen molar-refractivity contribution >= 4 is 11.7 Å². The first-order valence-electron chi connectivity index (χ1n) is 7.57. The first kappa shape index (κ1) is 17.4. The minimum absolute atomic E-state index is 0.196. The lowest BCUT2D eigenvalue weighted by Crippen LogP contribution is -2.57.